The lowest BCUT2D eigenvalue weighted by atomic mass is 9.98. The molecule has 1 aliphatic carbocycles. The van der Waals surface area contributed by atoms with Gasteiger partial charge in [0.2, 0.25) is 0 Å². The van der Waals surface area contributed by atoms with E-state index in [1.807, 2.05) is 0 Å². The summed E-state index contributed by atoms with van der Waals surface area (Å²) < 4.78 is 5.05. The van der Waals surface area contributed by atoms with Gasteiger partial charge < -0.3 is 20.1 Å². The van der Waals surface area contributed by atoms with Crippen LogP contribution in [-0.2, 0) is 23.9 Å². The zero-order chi connectivity index (χ0) is 17.0. The minimum atomic E-state index is -1.26. The molecule has 8 nitrogen and oxygen atoms in total. The van der Waals surface area contributed by atoms with Crippen molar-refractivity contribution in [2.24, 2.45) is 0 Å². The zero-order valence-electron chi connectivity index (χ0n) is 11.8. The maximum atomic E-state index is 11.0. The Bertz CT molecular complexity index is 441. The molecule has 0 aromatic rings. The van der Waals surface area contributed by atoms with E-state index in [1.165, 1.54) is 6.42 Å². The van der Waals surface area contributed by atoms with E-state index in [1.54, 1.807) is 0 Å². The molecule has 0 spiro atoms. The number of hydrogen-bond acceptors (Lipinski definition) is 5. The standard InChI is InChI=1S/C10H14O4.C4H4O4/c11-9(12)6-7-10(13)14-8-4-2-1-3-5-8;5-3(6)1-2-4(7)8/h6-8H,1-5H2,(H,11,12);1-2H,(H,5,6)(H,7,8)/b7-6+;2-1+. The van der Waals surface area contributed by atoms with Crippen molar-refractivity contribution in [3.63, 3.8) is 0 Å². The van der Waals surface area contributed by atoms with Gasteiger partial charge in [0.1, 0.15) is 6.10 Å². The molecule has 0 aromatic carbocycles. The van der Waals surface area contributed by atoms with E-state index in [0.29, 0.717) is 12.2 Å². The van der Waals surface area contributed by atoms with Gasteiger partial charge in [-0.15, -0.1) is 0 Å². The van der Waals surface area contributed by atoms with Crippen LogP contribution >= 0.6 is 0 Å². The molecule has 0 unspecified atom stereocenters. The first-order valence-electron chi connectivity index (χ1n) is 6.57. The van der Waals surface area contributed by atoms with Crippen LogP contribution in [-0.4, -0.2) is 45.3 Å². The molecule has 1 saturated carbocycles. The molecule has 0 atom stereocenters. The highest BCUT2D eigenvalue weighted by Gasteiger charge is 2.16. The van der Waals surface area contributed by atoms with Gasteiger partial charge in [0, 0.05) is 24.3 Å². The lowest BCUT2D eigenvalue weighted by molar-refractivity contribution is -0.145. The number of hydrogen-bond donors (Lipinski definition) is 3. The molecule has 0 radical (unpaired) electrons. The summed E-state index contributed by atoms with van der Waals surface area (Å²) in [5.41, 5.74) is 0. The van der Waals surface area contributed by atoms with E-state index in [-0.39, 0.29) is 6.10 Å². The number of carboxylic acids is 3. The second-order valence-electron chi connectivity index (χ2n) is 4.38. The summed E-state index contributed by atoms with van der Waals surface area (Å²) in [6.45, 7) is 0. The Labute approximate surface area is 126 Å². The molecular formula is C14H18O8. The second-order valence-corrected chi connectivity index (χ2v) is 4.38. The molecule has 0 aromatic heterocycles. The smallest absolute Gasteiger partial charge is 0.331 e. The molecule has 3 N–H and O–H groups in total. The van der Waals surface area contributed by atoms with Crippen LogP contribution in [0.5, 0.6) is 0 Å². The van der Waals surface area contributed by atoms with Crippen molar-refractivity contribution in [1.29, 1.82) is 0 Å². The van der Waals surface area contributed by atoms with Gasteiger partial charge in [0.05, 0.1) is 0 Å². The van der Waals surface area contributed by atoms with Crippen LogP contribution in [0.2, 0.25) is 0 Å². The number of esters is 1. The molecule has 0 amide bonds. The van der Waals surface area contributed by atoms with Crippen molar-refractivity contribution in [2.75, 3.05) is 0 Å². The Balaban J connectivity index is 0.000000472. The molecule has 122 valence electrons. The van der Waals surface area contributed by atoms with Crippen LogP contribution < -0.4 is 0 Å². The molecule has 0 aliphatic heterocycles. The van der Waals surface area contributed by atoms with Crippen molar-refractivity contribution in [3.05, 3.63) is 24.3 Å². The fourth-order valence-corrected chi connectivity index (χ4v) is 1.67. The summed E-state index contributed by atoms with van der Waals surface area (Å²) in [6, 6.07) is 0. The minimum absolute atomic E-state index is 0.0188. The first-order chi connectivity index (χ1) is 10.3. The summed E-state index contributed by atoms with van der Waals surface area (Å²) in [4.78, 5) is 40.3. The van der Waals surface area contributed by atoms with Gasteiger partial charge >= 0.3 is 23.9 Å². The number of ether oxygens (including phenoxy) is 1. The maximum Gasteiger partial charge on any atom is 0.331 e. The van der Waals surface area contributed by atoms with Crippen molar-refractivity contribution >= 4 is 23.9 Å². The van der Waals surface area contributed by atoms with Gasteiger partial charge in [-0.2, -0.15) is 0 Å². The summed E-state index contributed by atoms with van der Waals surface area (Å²) in [5.74, 6) is -4.20. The van der Waals surface area contributed by atoms with Gasteiger partial charge in [0.15, 0.2) is 0 Å². The average Bonchev–Trinajstić information content (AvgIpc) is 2.45. The Morgan fingerprint density at radius 3 is 1.55 bits per heavy atom. The quantitative estimate of drug-likeness (QED) is 0.508. The number of aliphatic carboxylic acids is 3. The van der Waals surface area contributed by atoms with Crippen LogP contribution in [0.1, 0.15) is 32.1 Å². The third-order valence-corrected chi connectivity index (χ3v) is 2.57. The van der Waals surface area contributed by atoms with Crippen LogP contribution in [0.4, 0.5) is 0 Å². The van der Waals surface area contributed by atoms with Crippen LogP contribution in [0.3, 0.4) is 0 Å². The van der Waals surface area contributed by atoms with E-state index < -0.39 is 23.9 Å². The fraction of sp³-hybridized carbons (Fsp3) is 0.429. The van der Waals surface area contributed by atoms with E-state index in [2.05, 4.69) is 0 Å². The average molecular weight is 314 g/mol. The van der Waals surface area contributed by atoms with Gasteiger partial charge in [-0.1, -0.05) is 6.42 Å². The zero-order valence-corrected chi connectivity index (χ0v) is 11.8. The summed E-state index contributed by atoms with van der Waals surface area (Å²) >= 11 is 0. The van der Waals surface area contributed by atoms with E-state index in [9.17, 15) is 19.2 Å². The van der Waals surface area contributed by atoms with Gasteiger partial charge in [-0.25, -0.2) is 19.2 Å². The highest BCUT2D eigenvalue weighted by atomic mass is 16.5. The molecule has 0 heterocycles. The van der Waals surface area contributed by atoms with Crippen molar-refractivity contribution < 1.29 is 39.2 Å². The molecule has 0 bridgehead atoms. The summed E-state index contributed by atoms with van der Waals surface area (Å²) in [5, 5.41) is 23.9. The number of carbonyl (C=O) groups excluding carboxylic acids is 1. The van der Waals surface area contributed by atoms with Crippen molar-refractivity contribution in [2.45, 2.75) is 38.2 Å². The van der Waals surface area contributed by atoms with E-state index in [4.69, 9.17) is 20.1 Å². The Morgan fingerprint density at radius 1 is 0.727 bits per heavy atom. The van der Waals surface area contributed by atoms with Crippen LogP contribution in [0, 0.1) is 0 Å². The van der Waals surface area contributed by atoms with Crippen LogP contribution in [0.25, 0.3) is 0 Å². The Hall–Kier alpha value is -2.64. The molecular weight excluding hydrogens is 296 g/mol. The lowest BCUT2D eigenvalue weighted by Gasteiger charge is -2.20. The minimum Gasteiger partial charge on any atom is -0.478 e. The number of carbonyl (C=O) groups is 4. The molecule has 1 fully saturated rings. The molecule has 1 aliphatic rings. The maximum absolute atomic E-state index is 11.0. The van der Waals surface area contributed by atoms with Crippen molar-refractivity contribution in [3.8, 4) is 0 Å². The molecule has 22 heavy (non-hydrogen) atoms. The first kappa shape index (κ1) is 19.4. The Morgan fingerprint density at radius 2 is 1.14 bits per heavy atom. The summed E-state index contributed by atoms with van der Waals surface area (Å²) in [7, 11) is 0. The van der Waals surface area contributed by atoms with E-state index >= 15 is 0 Å². The van der Waals surface area contributed by atoms with Gasteiger partial charge in [-0.3, -0.25) is 0 Å². The SMILES string of the molecule is O=C(O)/C=C/C(=O)O.O=C(O)/C=C/C(=O)OC1CCCCC1. The third-order valence-electron chi connectivity index (χ3n) is 2.57. The highest BCUT2D eigenvalue weighted by molar-refractivity contribution is 5.91. The summed E-state index contributed by atoms with van der Waals surface area (Å²) in [6.07, 6.45) is 8.00. The fourth-order valence-electron chi connectivity index (χ4n) is 1.67. The molecule has 0 saturated heterocycles. The number of carboxylic acid groups (broad SMARTS) is 3. The van der Waals surface area contributed by atoms with Crippen LogP contribution in [0.15, 0.2) is 24.3 Å². The lowest BCUT2D eigenvalue weighted by Crippen LogP contribution is -2.19. The second kappa shape index (κ2) is 11.1. The highest BCUT2D eigenvalue weighted by Crippen LogP contribution is 2.20. The molecule has 1 rings (SSSR count). The number of rotatable bonds is 5. The predicted octanol–water partition coefficient (Wildman–Crippen LogP) is 1.21. The van der Waals surface area contributed by atoms with Gasteiger partial charge in [-0.05, 0) is 25.7 Å². The van der Waals surface area contributed by atoms with Gasteiger partial charge in [0.25, 0.3) is 0 Å². The first-order valence-corrected chi connectivity index (χ1v) is 6.57. The largest absolute Gasteiger partial charge is 0.478 e. The third kappa shape index (κ3) is 12.4. The normalized spacial score (nSPS) is 15.1. The Kier molecular flexibility index (Phi) is 9.74. The van der Waals surface area contributed by atoms with Crippen molar-refractivity contribution in [1.82, 2.24) is 0 Å². The van der Waals surface area contributed by atoms with E-state index in [0.717, 1.165) is 37.8 Å². The predicted molar refractivity (Wildman–Crippen MR) is 74.2 cm³/mol. The topological polar surface area (TPSA) is 138 Å². The monoisotopic (exact) mass is 314 g/mol. The molecule has 8 heteroatoms.